The average Bonchev–Trinajstić information content (AvgIpc) is 2.96. The number of aromatic nitrogens is 2. The van der Waals surface area contributed by atoms with Crippen LogP contribution in [0.15, 0.2) is 24.5 Å². The lowest BCUT2D eigenvalue weighted by Crippen LogP contribution is -2.36. The van der Waals surface area contributed by atoms with Gasteiger partial charge in [-0.25, -0.2) is 4.98 Å². The van der Waals surface area contributed by atoms with Gasteiger partial charge in [0.1, 0.15) is 5.65 Å². The summed E-state index contributed by atoms with van der Waals surface area (Å²) in [6.07, 6.45) is 7.38. The van der Waals surface area contributed by atoms with E-state index < -0.39 is 0 Å². The van der Waals surface area contributed by atoms with Gasteiger partial charge < -0.3 is 20.9 Å². The molecule has 0 radical (unpaired) electrons. The molecule has 1 aliphatic carbocycles. The third kappa shape index (κ3) is 3.50. The summed E-state index contributed by atoms with van der Waals surface area (Å²) in [7, 11) is 1.94. The van der Waals surface area contributed by atoms with E-state index in [0.29, 0.717) is 5.92 Å². The van der Waals surface area contributed by atoms with Crippen LogP contribution < -0.4 is 16.4 Å². The Morgan fingerprint density at radius 3 is 2.83 bits per heavy atom. The number of anilines is 1. The summed E-state index contributed by atoms with van der Waals surface area (Å²) in [5.41, 5.74) is 7.01. The summed E-state index contributed by atoms with van der Waals surface area (Å²) >= 11 is 0. The number of rotatable bonds is 4. The maximum atomic E-state index is 12.6. The molecular weight excluding hydrogens is 304 g/mol. The van der Waals surface area contributed by atoms with Crippen LogP contribution in [0, 0.1) is 17.2 Å². The largest absolute Gasteiger partial charge is 0.370 e. The van der Waals surface area contributed by atoms with Crippen molar-refractivity contribution in [3.63, 3.8) is 0 Å². The van der Waals surface area contributed by atoms with Crippen molar-refractivity contribution in [1.29, 1.82) is 5.41 Å². The Kier molecular flexibility index (Phi) is 4.69. The van der Waals surface area contributed by atoms with Crippen LogP contribution in [-0.2, 0) is 11.8 Å². The van der Waals surface area contributed by atoms with E-state index in [4.69, 9.17) is 11.1 Å². The second-order valence-electron chi connectivity index (χ2n) is 6.52. The summed E-state index contributed by atoms with van der Waals surface area (Å²) in [5, 5.41) is 14.1. The Morgan fingerprint density at radius 2 is 2.12 bits per heavy atom. The number of nitrogens with zero attached hydrogens (tertiary/aromatic N) is 2. The normalized spacial score (nSPS) is 20.7. The van der Waals surface area contributed by atoms with Crippen molar-refractivity contribution in [2.45, 2.75) is 25.7 Å². The Labute approximate surface area is 141 Å². The quantitative estimate of drug-likeness (QED) is 0.507. The zero-order chi connectivity index (χ0) is 17.1. The van der Waals surface area contributed by atoms with Crippen molar-refractivity contribution >= 4 is 28.6 Å². The van der Waals surface area contributed by atoms with Crippen molar-refractivity contribution in [2.24, 2.45) is 24.6 Å². The van der Waals surface area contributed by atoms with Gasteiger partial charge in [-0.3, -0.25) is 10.2 Å². The predicted molar refractivity (Wildman–Crippen MR) is 94.7 cm³/mol. The minimum absolute atomic E-state index is 0.0134. The lowest BCUT2D eigenvalue weighted by atomic mass is 9.81. The van der Waals surface area contributed by atoms with Gasteiger partial charge in [-0.15, -0.1) is 0 Å². The highest BCUT2D eigenvalue weighted by atomic mass is 16.1. The zero-order valence-electron chi connectivity index (χ0n) is 13.9. The first kappa shape index (κ1) is 16.3. The van der Waals surface area contributed by atoms with Gasteiger partial charge in [0.25, 0.3) is 0 Å². The summed E-state index contributed by atoms with van der Waals surface area (Å²) in [6.45, 7) is 0.721. The number of aryl methyl sites for hydroxylation is 1. The van der Waals surface area contributed by atoms with Crippen molar-refractivity contribution in [1.82, 2.24) is 14.9 Å². The fraction of sp³-hybridized carbons (Fsp3) is 0.471. The summed E-state index contributed by atoms with van der Waals surface area (Å²) in [6, 6.07) is 3.82. The number of carbonyl (C=O) groups excluding carboxylic acids is 1. The number of hydrogen-bond donors (Lipinski definition) is 4. The van der Waals surface area contributed by atoms with Crippen LogP contribution in [-0.4, -0.2) is 28.0 Å². The first-order chi connectivity index (χ1) is 11.5. The Balaban J connectivity index is 1.59. The van der Waals surface area contributed by atoms with E-state index >= 15 is 0 Å². The van der Waals surface area contributed by atoms with Crippen LogP contribution in [0.2, 0.25) is 0 Å². The summed E-state index contributed by atoms with van der Waals surface area (Å²) in [5.74, 6) is 0.633. The second kappa shape index (κ2) is 6.90. The third-order valence-corrected chi connectivity index (χ3v) is 4.82. The topological polar surface area (TPSA) is 109 Å². The maximum Gasteiger partial charge on any atom is 0.227 e. The second-order valence-corrected chi connectivity index (χ2v) is 6.52. The molecule has 5 N–H and O–H groups in total. The van der Waals surface area contributed by atoms with Gasteiger partial charge in [0, 0.05) is 37.3 Å². The Bertz CT molecular complexity index is 745. The standard InChI is InChI=1S/C17H24N6O/c1-23-9-7-13-14(6-8-20-15(13)23)22-16(24)12-4-2-11(3-5-12)10-21-17(18)19/h6-9,11-12H,2-5,10H2,1H3,(H4,18,19,21)(H,20,22,24)/t11-,12-. The van der Waals surface area contributed by atoms with E-state index in [1.54, 1.807) is 6.20 Å². The summed E-state index contributed by atoms with van der Waals surface area (Å²) in [4.78, 5) is 16.9. The molecule has 7 nitrogen and oxygen atoms in total. The van der Waals surface area contributed by atoms with Gasteiger partial charge in [0.15, 0.2) is 5.96 Å². The van der Waals surface area contributed by atoms with Crippen molar-refractivity contribution in [2.75, 3.05) is 11.9 Å². The van der Waals surface area contributed by atoms with Crippen LogP contribution in [0.1, 0.15) is 25.7 Å². The molecule has 7 heteroatoms. The van der Waals surface area contributed by atoms with Gasteiger partial charge in [0.05, 0.1) is 5.69 Å². The number of guanidine groups is 1. The molecule has 0 aliphatic heterocycles. The number of pyridine rings is 1. The molecule has 0 aromatic carbocycles. The zero-order valence-corrected chi connectivity index (χ0v) is 13.9. The number of amides is 1. The van der Waals surface area contributed by atoms with Crippen molar-refractivity contribution < 1.29 is 4.79 Å². The molecule has 128 valence electrons. The molecular formula is C17H24N6O. The highest BCUT2D eigenvalue weighted by Gasteiger charge is 2.26. The number of fused-ring (bicyclic) bond motifs is 1. The van der Waals surface area contributed by atoms with Gasteiger partial charge in [0.2, 0.25) is 5.91 Å². The Hall–Kier alpha value is -2.57. The van der Waals surface area contributed by atoms with E-state index in [1.165, 1.54) is 0 Å². The number of nitrogens with one attached hydrogen (secondary N) is 3. The maximum absolute atomic E-state index is 12.6. The SMILES string of the molecule is Cn1ccc2c(NC(=O)[C@H]3CC[C@H](CNC(=N)N)CC3)ccnc21. The van der Waals surface area contributed by atoms with Gasteiger partial charge in [-0.1, -0.05) is 0 Å². The first-order valence-electron chi connectivity index (χ1n) is 8.33. The minimum Gasteiger partial charge on any atom is -0.370 e. The molecule has 3 rings (SSSR count). The first-order valence-corrected chi connectivity index (χ1v) is 8.33. The van der Waals surface area contributed by atoms with Crippen LogP contribution >= 0.6 is 0 Å². The molecule has 0 atom stereocenters. The molecule has 1 amide bonds. The molecule has 0 spiro atoms. The third-order valence-electron chi connectivity index (χ3n) is 4.82. The Morgan fingerprint density at radius 1 is 1.38 bits per heavy atom. The molecule has 1 saturated carbocycles. The van der Waals surface area contributed by atoms with Gasteiger partial charge >= 0.3 is 0 Å². The lowest BCUT2D eigenvalue weighted by Gasteiger charge is -2.28. The monoisotopic (exact) mass is 328 g/mol. The number of hydrogen-bond acceptors (Lipinski definition) is 3. The molecule has 2 heterocycles. The fourth-order valence-electron chi connectivity index (χ4n) is 3.39. The molecule has 0 unspecified atom stereocenters. The molecule has 0 saturated heterocycles. The summed E-state index contributed by atoms with van der Waals surface area (Å²) < 4.78 is 1.94. The van der Waals surface area contributed by atoms with Crippen LogP contribution in [0.4, 0.5) is 5.69 Å². The molecule has 2 aromatic heterocycles. The van der Waals surface area contributed by atoms with E-state index in [0.717, 1.165) is 48.9 Å². The minimum atomic E-state index is 0.0134. The van der Waals surface area contributed by atoms with E-state index in [1.807, 2.05) is 29.9 Å². The van der Waals surface area contributed by atoms with Crippen LogP contribution in [0.25, 0.3) is 11.0 Å². The number of nitrogens with two attached hydrogens (primary N) is 1. The van der Waals surface area contributed by atoms with Gasteiger partial charge in [-0.05, 0) is 43.7 Å². The average molecular weight is 328 g/mol. The molecule has 0 bridgehead atoms. The molecule has 2 aromatic rings. The molecule has 24 heavy (non-hydrogen) atoms. The van der Waals surface area contributed by atoms with Gasteiger partial charge in [-0.2, -0.15) is 0 Å². The number of carbonyl (C=O) groups is 1. The van der Waals surface area contributed by atoms with Crippen molar-refractivity contribution in [3.05, 3.63) is 24.5 Å². The lowest BCUT2D eigenvalue weighted by molar-refractivity contribution is -0.121. The molecule has 1 fully saturated rings. The van der Waals surface area contributed by atoms with E-state index in [2.05, 4.69) is 15.6 Å². The highest BCUT2D eigenvalue weighted by molar-refractivity contribution is 6.01. The highest BCUT2D eigenvalue weighted by Crippen LogP contribution is 2.30. The predicted octanol–water partition coefficient (Wildman–Crippen LogP) is 1.80. The molecule has 1 aliphatic rings. The van der Waals surface area contributed by atoms with Crippen molar-refractivity contribution in [3.8, 4) is 0 Å². The smallest absolute Gasteiger partial charge is 0.227 e. The van der Waals surface area contributed by atoms with Crippen LogP contribution in [0.3, 0.4) is 0 Å². The van der Waals surface area contributed by atoms with E-state index in [-0.39, 0.29) is 17.8 Å². The fourth-order valence-corrected chi connectivity index (χ4v) is 3.39. The van der Waals surface area contributed by atoms with E-state index in [9.17, 15) is 4.79 Å². The van der Waals surface area contributed by atoms with Crippen LogP contribution in [0.5, 0.6) is 0 Å².